The van der Waals surface area contributed by atoms with Crippen molar-refractivity contribution in [2.45, 2.75) is 116 Å². The zero-order valence-corrected chi connectivity index (χ0v) is 18.9. The molecular formula is C22H41NO5. The first-order valence-corrected chi connectivity index (χ1v) is 10.8. The van der Waals surface area contributed by atoms with Crippen LogP contribution < -0.4 is 5.32 Å². The summed E-state index contributed by atoms with van der Waals surface area (Å²) in [6.45, 7) is 19.3. The first-order chi connectivity index (χ1) is 13.1. The van der Waals surface area contributed by atoms with E-state index in [-0.39, 0.29) is 30.5 Å². The maximum atomic E-state index is 6.26. The van der Waals surface area contributed by atoms with Crippen molar-refractivity contribution >= 4 is 0 Å². The van der Waals surface area contributed by atoms with Crippen LogP contribution in [0.2, 0.25) is 0 Å². The molecule has 0 amide bonds. The molecule has 2 rings (SSSR count). The fraction of sp³-hybridized carbons (Fsp3) is 0.909. The minimum absolute atomic E-state index is 0.0267. The number of allylic oxidation sites excluding steroid dienone is 1. The molecule has 2 heterocycles. The fourth-order valence-electron chi connectivity index (χ4n) is 4.00. The van der Waals surface area contributed by atoms with Crippen LogP contribution in [0.25, 0.3) is 0 Å². The van der Waals surface area contributed by atoms with Crippen LogP contribution in [-0.2, 0) is 23.7 Å². The molecule has 6 heteroatoms. The van der Waals surface area contributed by atoms with E-state index < -0.39 is 11.6 Å². The van der Waals surface area contributed by atoms with Crippen molar-refractivity contribution in [3.05, 3.63) is 12.3 Å². The molecule has 0 radical (unpaired) electrons. The van der Waals surface area contributed by atoms with Gasteiger partial charge in [0.25, 0.3) is 0 Å². The molecule has 28 heavy (non-hydrogen) atoms. The van der Waals surface area contributed by atoms with Gasteiger partial charge < -0.3 is 29.0 Å². The lowest BCUT2D eigenvalue weighted by Gasteiger charge is -2.29. The molecular weight excluding hydrogens is 358 g/mol. The summed E-state index contributed by atoms with van der Waals surface area (Å²) < 4.78 is 30.5. The van der Waals surface area contributed by atoms with Crippen LogP contribution in [0.15, 0.2) is 12.3 Å². The standard InChI is InChI=1S/C22H41NO5/c1-9-12-18-20(28-22(7,8)26-18)16(23-15(4)10-2)13-24-14-19-17(11-3)25-21(5,6)27-19/h16-20,23H,4,9-14H2,1-3,5-8H3/t16-,17-,18+,19?,20-/m0/s1. The van der Waals surface area contributed by atoms with Crippen LogP contribution in [0.4, 0.5) is 0 Å². The van der Waals surface area contributed by atoms with E-state index in [2.05, 4.69) is 32.7 Å². The van der Waals surface area contributed by atoms with Gasteiger partial charge in [-0.25, -0.2) is 0 Å². The second-order valence-corrected chi connectivity index (χ2v) is 8.79. The van der Waals surface area contributed by atoms with Crippen LogP contribution in [0.3, 0.4) is 0 Å². The molecule has 2 saturated heterocycles. The van der Waals surface area contributed by atoms with E-state index >= 15 is 0 Å². The van der Waals surface area contributed by atoms with Gasteiger partial charge in [-0.1, -0.05) is 33.8 Å². The molecule has 164 valence electrons. The molecule has 1 unspecified atom stereocenters. The van der Waals surface area contributed by atoms with E-state index in [0.717, 1.165) is 31.4 Å². The Balaban J connectivity index is 2.00. The van der Waals surface area contributed by atoms with Gasteiger partial charge in [-0.05, 0) is 47.0 Å². The fourth-order valence-corrected chi connectivity index (χ4v) is 4.00. The minimum atomic E-state index is -0.586. The minimum Gasteiger partial charge on any atom is -0.381 e. The monoisotopic (exact) mass is 399 g/mol. The van der Waals surface area contributed by atoms with E-state index in [0.29, 0.717) is 13.2 Å². The zero-order valence-electron chi connectivity index (χ0n) is 18.9. The topological polar surface area (TPSA) is 58.2 Å². The molecule has 2 aliphatic rings. The third kappa shape index (κ3) is 6.42. The van der Waals surface area contributed by atoms with E-state index in [1.807, 2.05) is 27.7 Å². The van der Waals surface area contributed by atoms with Gasteiger partial charge in [0, 0.05) is 5.70 Å². The molecule has 1 N–H and O–H groups in total. The third-order valence-electron chi connectivity index (χ3n) is 5.27. The second kappa shape index (κ2) is 9.90. The van der Waals surface area contributed by atoms with Crippen molar-refractivity contribution in [3.8, 4) is 0 Å². The van der Waals surface area contributed by atoms with Crippen molar-refractivity contribution in [1.82, 2.24) is 5.32 Å². The summed E-state index contributed by atoms with van der Waals surface area (Å²) in [5.41, 5.74) is 0.977. The van der Waals surface area contributed by atoms with E-state index in [9.17, 15) is 0 Å². The Labute approximate surface area is 171 Å². The lowest BCUT2D eigenvalue weighted by molar-refractivity contribution is -0.155. The lowest BCUT2D eigenvalue weighted by atomic mass is 10.0. The summed E-state index contributed by atoms with van der Waals surface area (Å²) in [5.74, 6) is -1.14. The Morgan fingerprint density at radius 3 is 2.18 bits per heavy atom. The number of ether oxygens (including phenoxy) is 5. The maximum Gasteiger partial charge on any atom is 0.163 e. The Kier molecular flexibility index (Phi) is 8.35. The SMILES string of the molecule is C=C(CC)N[C@@H](COCC1OC(C)(C)O[C@H]1CC)[C@@H]1OC(C)(C)O[C@@H]1CCC. The van der Waals surface area contributed by atoms with E-state index in [1.165, 1.54) is 0 Å². The highest BCUT2D eigenvalue weighted by Crippen LogP contribution is 2.33. The highest BCUT2D eigenvalue weighted by atomic mass is 16.8. The van der Waals surface area contributed by atoms with Gasteiger partial charge in [-0.3, -0.25) is 0 Å². The summed E-state index contributed by atoms with van der Waals surface area (Å²) >= 11 is 0. The van der Waals surface area contributed by atoms with E-state index in [4.69, 9.17) is 23.7 Å². The van der Waals surface area contributed by atoms with Gasteiger partial charge in [0.15, 0.2) is 11.6 Å². The number of hydrogen-bond acceptors (Lipinski definition) is 6. The first-order valence-electron chi connectivity index (χ1n) is 10.8. The Hall–Kier alpha value is -0.660. The maximum absolute atomic E-state index is 6.26. The van der Waals surface area contributed by atoms with E-state index in [1.54, 1.807) is 0 Å². The van der Waals surface area contributed by atoms with Gasteiger partial charge >= 0.3 is 0 Å². The average Bonchev–Trinajstić information content (AvgIpc) is 3.08. The molecule has 6 nitrogen and oxygen atoms in total. The molecule has 5 atom stereocenters. The lowest BCUT2D eigenvalue weighted by Crippen LogP contribution is -2.48. The smallest absolute Gasteiger partial charge is 0.163 e. The largest absolute Gasteiger partial charge is 0.381 e. The van der Waals surface area contributed by atoms with Crippen molar-refractivity contribution in [3.63, 3.8) is 0 Å². The molecule has 2 aliphatic heterocycles. The molecule has 2 fully saturated rings. The van der Waals surface area contributed by atoms with Crippen LogP contribution in [0.1, 0.15) is 74.1 Å². The number of nitrogens with one attached hydrogen (secondary N) is 1. The predicted molar refractivity (Wildman–Crippen MR) is 110 cm³/mol. The average molecular weight is 400 g/mol. The molecule has 0 aromatic carbocycles. The Bertz CT molecular complexity index is 507. The van der Waals surface area contributed by atoms with Crippen LogP contribution in [0.5, 0.6) is 0 Å². The van der Waals surface area contributed by atoms with Gasteiger partial charge in [-0.2, -0.15) is 0 Å². The van der Waals surface area contributed by atoms with Crippen molar-refractivity contribution in [2.24, 2.45) is 0 Å². The highest BCUT2D eigenvalue weighted by molar-refractivity contribution is 4.99. The summed E-state index contributed by atoms with van der Waals surface area (Å²) in [4.78, 5) is 0. The zero-order chi connectivity index (χ0) is 20.9. The normalized spacial score (nSPS) is 32.4. The Morgan fingerprint density at radius 1 is 0.964 bits per heavy atom. The van der Waals surface area contributed by atoms with Gasteiger partial charge in [0.1, 0.15) is 12.2 Å². The number of rotatable bonds is 11. The first kappa shape index (κ1) is 23.6. The van der Waals surface area contributed by atoms with Gasteiger partial charge in [0.05, 0.1) is 31.5 Å². The van der Waals surface area contributed by atoms with Gasteiger partial charge in [0.2, 0.25) is 0 Å². The molecule has 0 aromatic rings. The quantitative estimate of drug-likeness (QED) is 0.564. The molecule has 0 spiro atoms. The summed E-state index contributed by atoms with van der Waals surface area (Å²) in [6, 6.07) is -0.0267. The third-order valence-corrected chi connectivity index (χ3v) is 5.27. The van der Waals surface area contributed by atoms with Crippen molar-refractivity contribution in [1.29, 1.82) is 0 Å². The summed E-state index contributed by atoms with van der Waals surface area (Å²) in [5, 5.41) is 3.51. The predicted octanol–water partition coefficient (Wildman–Crippen LogP) is 4.14. The van der Waals surface area contributed by atoms with Crippen LogP contribution >= 0.6 is 0 Å². The Morgan fingerprint density at radius 2 is 1.57 bits per heavy atom. The molecule has 0 bridgehead atoms. The van der Waals surface area contributed by atoms with Crippen LogP contribution in [0, 0.1) is 0 Å². The summed E-state index contributed by atoms with van der Waals surface area (Å²) in [6.07, 6.45) is 3.72. The molecule has 0 saturated carbocycles. The summed E-state index contributed by atoms with van der Waals surface area (Å²) in [7, 11) is 0. The molecule has 0 aromatic heterocycles. The highest BCUT2D eigenvalue weighted by Gasteiger charge is 2.45. The second-order valence-electron chi connectivity index (χ2n) is 8.79. The van der Waals surface area contributed by atoms with Crippen LogP contribution in [-0.4, -0.2) is 55.2 Å². The molecule has 0 aliphatic carbocycles. The van der Waals surface area contributed by atoms with Crippen molar-refractivity contribution < 1.29 is 23.7 Å². The number of hydrogen-bond donors (Lipinski definition) is 1. The van der Waals surface area contributed by atoms with Crippen molar-refractivity contribution in [2.75, 3.05) is 13.2 Å². The van der Waals surface area contributed by atoms with Gasteiger partial charge in [-0.15, -0.1) is 0 Å².